The Kier molecular flexibility index (Phi) is 4.95. The third-order valence-corrected chi connectivity index (χ3v) is 4.09. The summed E-state index contributed by atoms with van der Waals surface area (Å²) >= 11 is 5.37. The molecule has 0 bridgehead atoms. The number of pyridine rings is 1. The van der Waals surface area contributed by atoms with Gasteiger partial charge in [-0.1, -0.05) is 6.07 Å². The molecule has 128 valence electrons. The first-order valence-electron chi connectivity index (χ1n) is 7.59. The van der Waals surface area contributed by atoms with Crippen LogP contribution in [0.25, 0.3) is 11.3 Å². The van der Waals surface area contributed by atoms with Gasteiger partial charge < -0.3 is 14.0 Å². The molecule has 0 spiro atoms. The number of rotatable bonds is 5. The summed E-state index contributed by atoms with van der Waals surface area (Å²) in [7, 11) is 3.16. The Bertz CT molecular complexity index is 996. The Morgan fingerprint density at radius 1 is 1.16 bits per heavy atom. The highest BCUT2D eigenvalue weighted by molar-refractivity contribution is 7.71. The zero-order valence-electron chi connectivity index (χ0n) is 13.9. The average molecular weight is 355 g/mol. The number of nitrogens with zero attached hydrogens (tertiary/aromatic N) is 2. The van der Waals surface area contributed by atoms with Crippen LogP contribution in [0.4, 0.5) is 0 Å². The molecule has 2 aromatic heterocycles. The SMILES string of the molecule is COc1ccc(-c2cc(=O)[nH]c(=S)n2Cc2ccccn2)c(OC)c1. The van der Waals surface area contributed by atoms with E-state index in [0.29, 0.717) is 28.5 Å². The van der Waals surface area contributed by atoms with Crippen molar-refractivity contribution < 1.29 is 9.47 Å². The molecular formula is C18H17N3O3S. The molecule has 0 saturated heterocycles. The van der Waals surface area contributed by atoms with E-state index >= 15 is 0 Å². The molecule has 0 unspecified atom stereocenters. The van der Waals surface area contributed by atoms with Crippen molar-refractivity contribution in [2.45, 2.75) is 6.54 Å². The van der Waals surface area contributed by atoms with Crippen LogP contribution in [0.15, 0.2) is 53.5 Å². The molecule has 6 nitrogen and oxygen atoms in total. The van der Waals surface area contributed by atoms with Gasteiger partial charge in [0.2, 0.25) is 0 Å². The van der Waals surface area contributed by atoms with E-state index in [1.54, 1.807) is 26.5 Å². The number of H-pyrrole nitrogens is 1. The Morgan fingerprint density at radius 2 is 2.00 bits per heavy atom. The van der Waals surface area contributed by atoms with Gasteiger partial charge >= 0.3 is 0 Å². The first kappa shape index (κ1) is 16.9. The average Bonchev–Trinajstić information content (AvgIpc) is 2.64. The molecule has 0 atom stereocenters. The fraction of sp³-hybridized carbons (Fsp3) is 0.167. The summed E-state index contributed by atoms with van der Waals surface area (Å²) in [6, 6.07) is 12.6. The summed E-state index contributed by atoms with van der Waals surface area (Å²) in [6.07, 6.45) is 1.72. The summed E-state index contributed by atoms with van der Waals surface area (Å²) in [5.41, 5.74) is 1.96. The van der Waals surface area contributed by atoms with Crippen LogP contribution in [0, 0.1) is 4.77 Å². The van der Waals surface area contributed by atoms with Gasteiger partial charge in [-0.25, -0.2) is 0 Å². The molecule has 0 fully saturated rings. The van der Waals surface area contributed by atoms with Gasteiger partial charge in [0.25, 0.3) is 5.56 Å². The van der Waals surface area contributed by atoms with Gasteiger partial charge in [-0.2, -0.15) is 0 Å². The van der Waals surface area contributed by atoms with Crippen molar-refractivity contribution in [3.05, 3.63) is 69.5 Å². The number of aromatic nitrogens is 3. The van der Waals surface area contributed by atoms with Crippen molar-refractivity contribution in [3.63, 3.8) is 0 Å². The first-order chi connectivity index (χ1) is 12.1. The Balaban J connectivity index is 2.19. The maximum atomic E-state index is 12.0. The maximum absolute atomic E-state index is 12.0. The molecule has 3 rings (SSSR count). The standard InChI is InChI=1S/C18H17N3O3S/c1-23-13-6-7-14(16(9-13)24-2)15-10-17(22)20-18(25)21(15)11-12-5-3-4-8-19-12/h3-10H,11H2,1-2H3,(H,20,22,25). The summed E-state index contributed by atoms with van der Waals surface area (Å²) in [4.78, 5) is 19.0. The van der Waals surface area contributed by atoms with Gasteiger partial charge in [0.05, 0.1) is 32.2 Å². The number of benzene rings is 1. The largest absolute Gasteiger partial charge is 0.497 e. The van der Waals surface area contributed by atoms with Crippen LogP contribution < -0.4 is 15.0 Å². The van der Waals surface area contributed by atoms with Crippen LogP contribution in [0.5, 0.6) is 11.5 Å². The molecule has 0 saturated carbocycles. The zero-order valence-corrected chi connectivity index (χ0v) is 14.7. The van der Waals surface area contributed by atoms with Crippen molar-refractivity contribution in [1.82, 2.24) is 14.5 Å². The number of methoxy groups -OCH3 is 2. The normalized spacial score (nSPS) is 10.5. The van der Waals surface area contributed by atoms with Gasteiger partial charge in [0.1, 0.15) is 11.5 Å². The second-order valence-corrected chi connectivity index (χ2v) is 5.68. The van der Waals surface area contributed by atoms with Crippen molar-refractivity contribution >= 4 is 12.2 Å². The van der Waals surface area contributed by atoms with Gasteiger partial charge in [-0.15, -0.1) is 0 Å². The van der Waals surface area contributed by atoms with E-state index in [0.717, 1.165) is 11.3 Å². The lowest BCUT2D eigenvalue weighted by Gasteiger charge is -2.16. The van der Waals surface area contributed by atoms with Crippen LogP contribution in [-0.2, 0) is 6.54 Å². The molecule has 3 aromatic rings. The van der Waals surface area contributed by atoms with Gasteiger partial charge in [0, 0.05) is 23.9 Å². The first-order valence-corrected chi connectivity index (χ1v) is 7.99. The third-order valence-electron chi connectivity index (χ3n) is 3.76. The van der Waals surface area contributed by atoms with E-state index in [1.807, 2.05) is 34.9 Å². The van der Waals surface area contributed by atoms with E-state index in [-0.39, 0.29) is 5.56 Å². The predicted octanol–water partition coefficient (Wildman–Crippen LogP) is 3.03. The number of hydrogen-bond donors (Lipinski definition) is 1. The lowest BCUT2D eigenvalue weighted by Crippen LogP contribution is -2.16. The molecule has 0 aliphatic rings. The molecule has 7 heteroatoms. The maximum Gasteiger partial charge on any atom is 0.252 e. The molecule has 1 aromatic carbocycles. The van der Waals surface area contributed by atoms with Gasteiger partial charge in [-0.05, 0) is 36.5 Å². The van der Waals surface area contributed by atoms with Crippen LogP contribution in [0.3, 0.4) is 0 Å². The van der Waals surface area contributed by atoms with Crippen LogP contribution in [0.2, 0.25) is 0 Å². The van der Waals surface area contributed by atoms with Crippen molar-refractivity contribution in [2.75, 3.05) is 14.2 Å². The minimum Gasteiger partial charge on any atom is -0.497 e. The van der Waals surface area contributed by atoms with E-state index in [1.165, 1.54) is 6.07 Å². The zero-order chi connectivity index (χ0) is 17.8. The van der Waals surface area contributed by atoms with Crippen molar-refractivity contribution in [3.8, 4) is 22.8 Å². The van der Waals surface area contributed by atoms with Crippen LogP contribution in [-0.4, -0.2) is 28.8 Å². The summed E-state index contributed by atoms with van der Waals surface area (Å²) in [6.45, 7) is 0.432. The summed E-state index contributed by atoms with van der Waals surface area (Å²) < 4.78 is 12.9. The Hall–Kier alpha value is -2.93. The second-order valence-electron chi connectivity index (χ2n) is 5.30. The lowest BCUT2D eigenvalue weighted by molar-refractivity contribution is 0.395. The lowest BCUT2D eigenvalue weighted by atomic mass is 10.1. The topological polar surface area (TPSA) is 69.1 Å². The molecular weight excluding hydrogens is 338 g/mol. The number of aromatic amines is 1. The highest BCUT2D eigenvalue weighted by Gasteiger charge is 2.13. The fourth-order valence-corrected chi connectivity index (χ4v) is 2.83. The highest BCUT2D eigenvalue weighted by atomic mass is 32.1. The molecule has 25 heavy (non-hydrogen) atoms. The molecule has 1 N–H and O–H groups in total. The molecule has 0 amide bonds. The van der Waals surface area contributed by atoms with Crippen molar-refractivity contribution in [1.29, 1.82) is 0 Å². The molecule has 0 aliphatic carbocycles. The van der Waals surface area contributed by atoms with E-state index in [4.69, 9.17) is 21.7 Å². The molecule has 0 radical (unpaired) electrons. The monoisotopic (exact) mass is 355 g/mol. The quantitative estimate of drug-likeness (QED) is 0.713. The summed E-state index contributed by atoms with van der Waals surface area (Å²) in [5.74, 6) is 1.26. The van der Waals surface area contributed by atoms with Gasteiger partial charge in [-0.3, -0.25) is 14.8 Å². The molecule has 2 heterocycles. The van der Waals surface area contributed by atoms with Crippen molar-refractivity contribution in [2.24, 2.45) is 0 Å². The van der Waals surface area contributed by atoms with E-state index < -0.39 is 0 Å². The predicted molar refractivity (Wildman–Crippen MR) is 97.8 cm³/mol. The smallest absolute Gasteiger partial charge is 0.252 e. The number of ether oxygens (including phenoxy) is 2. The number of hydrogen-bond acceptors (Lipinski definition) is 5. The highest BCUT2D eigenvalue weighted by Crippen LogP contribution is 2.32. The third kappa shape index (κ3) is 3.61. The minimum atomic E-state index is -0.268. The number of nitrogens with one attached hydrogen (secondary N) is 1. The van der Waals surface area contributed by atoms with Crippen LogP contribution in [0.1, 0.15) is 5.69 Å². The second kappa shape index (κ2) is 7.31. The Morgan fingerprint density at radius 3 is 2.68 bits per heavy atom. The van der Waals surface area contributed by atoms with E-state index in [2.05, 4.69) is 9.97 Å². The van der Waals surface area contributed by atoms with E-state index in [9.17, 15) is 4.79 Å². The molecule has 0 aliphatic heterocycles. The fourth-order valence-electron chi connectivity index (χ4n) is 2.56. The van der Waals surface area contributed by atoms with Gasteiger partial charge in [0.15, 0.2) is 4.77 Å². The Labute approximate surface area is 149 Å². The minimum absolute atomic E-state index is 0.268. The van der Waals surface area contributed by atoms with Crippen LogP contribution >= 0.6 is 12.2 Å². The summed E-state index contributed by atoms with van der Waals surface area (Å²) in [5, 5.41) is 0.